The Morgan fingerprint density at radius 2 is 1.88 bits per heavy atom. The number of hydrogen-bond acceptors (Lipinski definition) is 4. The number of imidazole rings is 1. The Kier molecular flexibility index (Phi) is 6.15. The molecule has 3 rings (SSSR count). The van der Waals surface area contributed by atoms with Crippen molar-refractivity contribution < 1.29 is 14.3 Å². The summed E-state index contributed by atoms with van der Waals surface area (Å²) in [6.45, 7) is 0.796. The van der Waals surface area contributed by atoms with E-state index in [1.54, 1.807) is 35.2 Å². The third kappa shape index (κ3) is 4.77. The molecule has 0 fully saturated rings. The van der Waals surface area contributed by atoms with Gasteiger partial charge >= 0.3 is 5.97 Å². The van der Waals surface area contributed by atoms with E-state index >= 15 is 0 Å². The van der Waals surface area contributed by atoms with Gasteiger partial charge in [-0.05, 0) is 23.8 Å². The number of rotatable bonds is 7. The highest BCUT2D eigenvalue weighted by molar-refractivity contribution is 6.35. The Balaban J connectivity index is 1.52. The van der Waals surface area contributed by atoms with Gasteiger partial charge < -0.3 is 14.0 Å². The summed E-state index contributed by atoms with van der Waals surface area (Å²) in [5.41, 5.74) is 1.07. The van der Waals surface area contributed by atoms with E-state index in [2.05, 4.69) is 4.98 Å². The van der Waals surface area contributed by atoms with Crippen molar-refractivity contribution in [1.82, 2.24) is 9.55 Å². The fourth-order valence-corrected chi connectivity index (χ4v) is 2.81. The van der Waals surface area contributed by atoms with Crippen molar-refractivity contribution >= 4 is 29.2 Å². The minimum absolute atomic E-state index is 0.0794. The first-order valence-electron chi connectivity index (χ1n) is 7.93. The SMILES string of the molecule is O=C(OCCOc1ccc(Cl)cc1Cl)c1nccn1Cc1ccccc1. The predicted molar refractivity (Wildman–Crippen MR) is 100 cm³/mol. The van der Waals surface area contributed by atoms with Crippen molar-refractivity contribution in [2.75, 3.05) is 13.2 Å². The van der Waals surface area contributed by atoms with Crippen LogP contribution < -0.4 is 4.74 Å². The summed E-state index contributed by atoms with van der Waals surface area (Å²) in [6, 6.07) is 14.7. The summed E-state index contributed by atoms with van der Waals surface area (Å²) in [6.07, 6.45) is 3.32. The van der Waals surface area contributed by atoms with Crippen LogP contribution in [0.1, 0.15) is 16.2 Å². The number of ether oxygens (including phenoxy) is 2. The molecule has 0 N–H and O–H groups in total. The van der Waals surface area contributed by atoms with E-state index in [-0.39, 0.29) is 19.0 Å². The second-order valence-corrected chi connectivity index (χ2v) is 6.27. The van der Waals surface area contributed by atoms with Crippen LogP contribution in [0.3, 0.4) is 0 Å². The molecule has 7 heteroatoms. The van der Waals surface area contributed by atoms with Gasteiger partial charge in [0.05, 0.1) is 5.02 Å². The maximum Gasteiger partial charge on any atom is 0.374 e. The first kappa shape index (κ1) is 18.3. The van der Waals surface area contributed by atoms with Gasteiger partial charge in [-0.1, -0.05) is 53.5 Å². The lowest BCUT2D eigenvalue weighted by Gasteiger charge is -2.10. The quantitative estimate of drug-likeness (QED) is 0.440. The van der Waals surface area contributed by atoms with Crippen LogP contribution in [0.4, 0.5) is 0 Å². The smallest absolute Gasteiger partial charge is 0.374 e. The largest absolute Gasteiger partial charge is 0.488 e. The van der Waals surface area contributed by atoms with Gasteiger partial charge in [-0.2, -0.15) is 0 Å². The van der Waals surface area contributed by atoms with Crippen LogP contribution in [0.25, 0.3) is 0 Å². The average Bonchev–Trinajstić information content (AvgIpc) is 3.09. The van der Waals surface area contributed by atoms with Crippen molar-refractivity contribution in [2.24, 2.45) is 0 Å². The molecule has 0 saturated heterocycles. The molecular formula is C19H16Cl2N2O3. The third-order valence-electron chi connectivity index (χ3n) is 3.56. The second kappa shape index (κ2) is 8.74. The van der Waals surface area contributed by atoms with Gasteiger partial charge in [-0.15, -0.1) is 0 Å². The molecule has 0 aliphatic heterocycles. The zero-order chi connectivity index (χ0) is 18.4. The molecule has 0 aliphatic carbocycles. The molecule has 1 heterocycles. The summed E-state index contributed by atoms with van der Waals surface area (Å²) in [5.74, 6) is 0.229. The second-order valence-electron chi connectivity index (χ2n) is 5.42. The standard InChI is InChI=1S/C19H16Cl2N2O3/c20-15-6-7-17(16(21)12-15)25-10-11-26-19(24)18-22-8-9-23(18)13-14-4-2-1-3-5-14/h1-9,12H,10-11,13H2. The van der Waals surface area contributed by atoms with E-state index in [4.69, 9.17) is 32.7 Å². The molecule has 0 unspecified atom stereocenters. The van der Waals surface area contributed by atoms with Crippen LogP contribution in [-0.4, -0.2) is 28.7 Å². The monoisotopic (exact) mass is 390 g/mol. The van der Waals surface area contributed by atoms with Crippen molar-refractivity contribution in [3.63, 3.8) is 0 Å². The van der Waals surface area contributed by atoms with Crippen molar-refractivity contribution in [2.45, 2.75) is 6.54 Å². The molecule has 3 aromatic rings. The Morgan fingerprint density at radius 3 is 2.65 bits per heavy atom. The number of hydrogen-bond donors (Lipinski definition) is 0. The molecule has 134 valence electrons. The number of nitrogens with zero attached hydrogens (tertiary/aromatic N) is 2. The minimum atomic E-state index is -0.503. The van der Waals surface area contributed by atoms with E-state index in [0.29, 0.717) is 22.3 Å². The molecular weight excluding hydrogens is 375 g/mol. The number of benzene rings is 2. The normalized spacial score (nSPS) is 10.5. The predicted octanol–water partition coefficient (Wildman–Crippen LogP) is 4.47. The first-order valence-corrected chi connectivity index (χ1v) is 8.69. The van der Waals surface area contributed by atoms with E-state index in [1.165, 1.54) is 0 Å². The number of carbonyl (C=O) groups is 1. The van der Waals surface area contributed by atoms with Gasteiger partial charge in [0.15, 0.2) is 0 Å². The Hall–Kier alpha value is -2.50. The lowest BCUT2D eigenvalue weighted by Crippen LogP contribution is -2.17. The Bertz CT molecular complexity index is 882. The number of esters is 1. The van der Waals surface area contributed by atoms with Crippen LogP contribution in [0.5, 0.6) is 5.75 Å². The highest BCUT2D eigenvalue weighted by Gasteiger charge is 2.14. The lowest BCUT2D eigenvalue weighted by molar-refractivity contribution is 0.0431. The van der Waals surface area contributed by atoms with Gasteiger partial charge in [0.2, 0.25) is 5.82 Å². The Morgan fingerprint density at radius 1 is 1.08 bits per heavy atom. The average molecular weight is 391 g/mol. The molecule has 0 spiro atoms. The van der Waals surface area contributed by atoms with Crippen molar-refractivity contribution in [3.8, 4) is 5.75 Å². The molecule has 0 aliphatic rings. The van der Waals surface area contributed by atoms with Gasteiger partial charge in [0, 0.05) is 24.0 Å². The topological polar surface area (TPSA) is 53.4 Å². The van der Waals surface area contributed by atoms with Crippen LogP contribution in [-0.2, 0) is 11.3 Å². The van der Waals surface area contributed by atoms with Crippen LogP contribution in [0, 0.1) is 0 Å². The summed E-state index contributed by atoms with van der Waals surface area (Å²) >= 11 is 11.9. The molecule has 0 radical (unpaired) electrons. The third-order valence-corrected chi connectivity index (χ3v) is 4.09. The summed E-state index contributed by atoms with van der Waals surface area (Å²) < 4.78 is 12.5. The molecule has 0 atom stereocenters. The fraction of sp³-hybridized carbons (Fsp3) is 0.158. The van der Waals surface area contributed by atoms with E-state index < -0.39 is 5.97 Å². The van der Waals surface area contributed by atoms with E-state index in [0.717, 1.165) is 5.56 Å². The number of aromatic nitrogens is 2. The maximum absolute atomic E-state index is 12.2. The summed E-state index contributed by atoms with van der Waals surface area (Å²) in [7, 11) is 0. The first-order chi connectivity index (χ1) is 12.6. The molecule has 0 bridgehead atoms. The fourth-order valence-electron chi connectivity index (χ4n) is 2.35. The van der Waals surface area contributed by atoms with Crippen molar-refractivity contribution in [3.05, 3.63) is 82.4 Å². The summed E-state index contributed by atoms with van der Waals surface area (Å²) in [4.78, 5) is 16.3. The van der Waals surface area contributed by atoms with Crippen LogP contribution in [0.15, 0.2) is 60.9 Å². The zero-order valence-corrected chi connectivity index (χ0v) is 15.3. The lowest BCUT2D eigenvalue weighted by atomic mass is 10.2. The van der Waals surface area contributed by atoms with Gasteiger partial charge in [0.1, 0.15) is 19.0 Å². The highest BCUT2D eigenvalue weighted by Crippen LogP contribution is 2.27. The summed E-state index contributed by atoms with van der Waals surface area (Å²) in [5, 5.41) is 0.932. The van der Waals surface area contributed by atoms with E-state index in [9.17, 15) is 4.79 Å². The zero-order valence-electron chi connectivity index (χ0n) is 13.8. The molecule has 0 saturated carbocycles. The molecule has 26 heavy (non-hydrogen) atoms. The van der Waals surface area contributed by atoms with Gasteiger partial charge in [0.25, 0.3) is 0 Å². The van der Waals surface area contributed by atoms with Gasteiger partial charge in [-0.25, -0.2) is 9.78 Å². The highest BCUT2D eigenvalue weighted by atomic mass is 35.5. The number of halogens is 2. The van der Waals surface area contributed by atoms with E-state index in [1.807, 2.05) is 30.3 Å². The maximum atomic E-state index is 12.2. The molecule has 1 aromatic heterocycles. The molecule has 5 nitrogen and oxygen atoms in total. The molecule has 0 amide bonds. The molecule has 2 aromatic carbocycles. The Labute approximate surface area is 161 Å². The van der Waals surface area contributed by atoms with Crippen LogP contribution in [0.2, 0.25) is 10.0 Å². The van der Waals surface area contributed by atoms with Gasteiger partial charge in [-0.3, -0.25) is 0 Å². The van der Waals surface area contributed by atoms with Crippen molar-refractivity contribution in [1.29, 1.82) is 0 Å². The van der Waals surface area contributed by atoms with Crippen LogP contribution >= 0.6 is 23.2 Å². The minimum Gasteiger partial charge on any atom is -0.488 e. The number of carbonyl (C=O) groups excluding carboxylic acids is 1.